The Labute approximate surface area is 106 Å². The first-order valence-corrected chi connectivity index (χ1v) is 5.96. The average Bonchev–Trinajstić information content (AvgIpc) is 2.40. The van der Waals surface area contributed by atoms with Crippen LogP contribution in [0.3, 0.4) is 0 Å². The van der Waals surface area contributed by atoms with Gasteiger partial charge in [-0.25, -0.2) is 4.39 Å². The van der Waals surface area contributed by atoms with Crippen molar-refractivity contribution < 1.29 is 9.13 Å². The SMILES string of the molecule is CCOc1ccc(-c2ccc(F)cc2CN)cc1. The molecule has 0 saturated carbocycles. The topological polar surface area (TPSA) is 35.2 Å². The molecule has 2 nitrogen and oxygen atoms in total. The molecule has 0 aliphatic rings. The van der Waals surface area contributed by atoms with E-state index in [1.54, 1.807) is 6.07 Å². The van der Waals surface area contributed by atoms with Crippen LogP contribution in [-0.4, -0.2) is 6.61 Å². The molecule has 2 aromatic carbocycles. The zero-order valence-electron chi connectivity index (χ0n) is 10.3. The van der Waals surface area contributed by atoms with E-state index in [4.69, 9.17) is 10.5 Å². The summed E-state index contributed by atoms with van der Waals surface area (Å²) in [7, 11) is 0. The Bertz CT molecular complexity index is 523. The molecule has 0 saturated heterocycles. The van der Waals surface area contributed by atoms with Crippen molar-refractivity contribution in [2.45, 2.75) is 13.5 Å². The first-order chi connectivity index (χ1) is 8.74. The predicted octanol–water partition coefficient (Wildman–Crippen LogP) is 3.35. The lowest BCUT2D eigenvalue weighted by molar-refractivity contribution is 0.340. The maximum absolute atomic E-state index is 13.1. The number of ether oxygens (including phenoxy) is 1. The lowest BCUT2D eigenvalue weighted by Crippen LogP contribution is -1.99. The molecule has 0 heterocycles. The maximum atomic E-state index is 13.1. The smallest absolute Gasteiger partial charge is 0.123 e. The van der Waals surface area contributed by atoms with Gasteiger partial charge in [-0.2, -0.15) is 0 Å². The molecule has 0 fully saturated rings. The summed E-state index contributed by atoms with van der Waals surface area (Å²) >= 11 is 0. The fraction of sp³-hybridized carbons (Fsp3) is 0.200. The highest BCUT2D eigenvalue weighted by atomic mass is 19.1. The molecule has 0 aromatic heterocycles. The zero-order valence-corrected chi connectivity index (χ0v) is 10.3. The maximum Gasteiger partial charge on any atom is 0.123 e. The van der Waals surface area contributed by atoms with Gasteiger partial charge < -0.3 is 10.5 Å². The van der Waals surface area contributed by atoms with Crippen LogP contribution in [0.2, 0.25) is 0 Å². The lowest BCUT2D eigenvalue weighted by Gasteiger charge is -2.09. The third-order valence-corrected chi connectivity index (χ3v) is 2.76. The van der Waals surface area contributed by atoms with Crippen LogP contribution < -0.4 is 10.5 Å². The minimum atomic E-state index is -0.259. The molecule has 0 radical (unpaired) electrons. The third kappa shape index (κ3) is 2.68. The Morgan fingerprint density at radius 2 is 1.83 bits per heavy atom. The summed E-state index contributed by atoms with van der Waals surface area (Å²) in [5.74, 6) is 0.572. The van der Waals surface area contributed by atoms with Crippen LogP contribution in [-0.2, 0) is 6.54 Å². The number of halogens is 1. The number of hydrogen-bond donors (Lipinski definition) is 1. The van der Waals surface area contributed by atoms with Gasteiger partial charge in [0.2, 0.25) is 0 Å². The molecule has 2 rings (SSSR count). The quantitative estimate of drug-likeness (QED) is 0.896. The van der Waals surface area contributed by atoms with Crippen molar-refractivity contribution in [1.82, 2.24) is 0 Å². The molecule has 18 heavy (non-hydrogen) atoms. The van der Waals surface area contributed by atoms with Gasteiger partial charge in [-0.05, 0) is 47.9 Å². The molecule has 0 amide bonds. The first-order valence-electron chi connectivity index (χ1n) is 5.96. The minimum absolute atomic E-state index is 0.259. The van der Waals surface area contributed by atoms with E-state index in [0.717, 1.165) is 22.4 Å². The van der Waals surface area contributed by atoms with E-state index < -0.39 is 0 Å². The average molecular weight is 245 g/mol. The second-order valence-electron chi connectivity index (χ2n) is 3.96. The van der Waals surface area contributed by atoms with E-state index in [2.05, 4.69) is 0 Å². The van der Waals surface area contributed by atoms with Gasteiger partial charge in [0.25, 0.3) is 0 Å². The monoisotopic (exact) mass is 245 g/mol. The minimum Gasteiger partial charge on any atom is -0.494 e. The van der Waals surface area contributed by atoms with Gasteiger partial charge in [0.15, 0.2) is 0 Å². The van der Waals surface area contributed by atoms with Crippen molar-refractivity contribution in [3.63, 3.8) is 0 Å². The lowest BCUT2D eigenvalue weighted by atomic mass is 9.99. The van der Waals surface area contributed by atoms with E-state index >= 15 is 0 Å². The van der Waals surface area contributed by atoms with Gasteiger partial charge in [-0.15, -0.1) is 0 Å². The summed E-state index contributed by atoms with van der Waals surface area (Å²) < 4.78 is 18.5. The number of hydrogen-bond acceptors (Lipinski definition) is 2. The molecule has 0 aliphatic heterocycles. The molecule has 3 heteroatoms. The summed E-state index contributed by atoms with van der Waals surface area (Å²) in [6, 6.07) is 12.4. The third-order valence-electron chi connectivity index (χ3n) is 2.76. The highest BCUT2D eigenvalue weighted by molar-refractivity contribution is 5.68. The van der Waals surface area contributed by atoms with Crippen LogP contribution in [0.25, 0.3) is 11.1 Å². The van der Waals surface area contributed by atoms with Crippen molar-refractivity contribution in [3.8, 4) is 16.9 Å². The zero-order chi connectivity index (χ0) is 13.0. The fourth-order valence-corrected chi connectivity index (χ4v) is 1.91. The summed E-state index contributed by atoms with van der Waals surface area (Å²) in [5, 5.41) is 0. The van der Waals surface area contributed by atoms with Crippen LogP contribution in [0.1, 0.15) is 12.5 Å². The van der Waals surface area contributed by atoms with E-state index in [1.165, 1.54) is 12.1 Å². The second-order valence-corrected chi connectivity index (χ2v) is 3.96. The Morgan fingerprint density at radius 1 is 1.11 bits per heavy atom. The largest absolute Gasteiger partial charge is 0.494 e. The molecule has 0 spiro atoms. The molecular formula is C15H16FNO. The van der Waals surface area contributed by atoms with Crippen molar-refractivity contribution in [2.75, 3.05) is 6.61 Å². The van der Waals surface area contributed by atoms with Crippen molar-refractivity contribution >= 4 is 0 Å². The Morgan fingerprint density at radius 3 is 2.44 bits per heavy atom. The Hall–Kier alpha value is -1.87. The van der Waals surface area contributed by atoms with E-state index in [-0.39, 0.29) is 5.82 Å². The van der Waals surface area contributed by atoms with Crippen LogP contribution >= 0.6 is 0 Å². The van der Waals surface area contributed by atoms with Crippen LogP contribution in [0.15, 0.2) is 42.5 Å². The van der Waals surface area contributed by atoms with Crippen molar-refractivity contribution in [2.24, 2.45) is 5.73 Å². The Kier molecular flexibility index (Phi) is 3.95. The molecule has 2 aromatic rings. The number of nitrogens with two attached hydrogens (primary N) is 1. The van der Waals surface area contributed by atoms with Gasteiger partial charge in [-0.1, -0.05) is 18.2 Å². The molecular weight excluding hydrogens is 229 g/mol. The van der Waals surface area contributed by atoms with Gasteiger partial charge in [0.1, 0.15) is 11.6 Å². The molecule has 0 bridgehead atoms. The van der Waals surface area contributed by atoms with Gasteiger partial charge in [0.05, 0.1) is 6.61 Å². The summed E-state index contributed by atoms with van der Waals surface area (Å²) in [6.07, 6.45) is 0. The number of benzene rings is 2. The van der Waals surface area contributed by atoms with Crippen LogP contribution in [0.5, 0.6) is 5.75 Å². The Balaban J connectivity index is 2.36. The van der Waals surface area contributed by atoms with E-state index in [1.807, 2.05) is 31.2 Å². The van der Waals surface area contributed by atoms with Crippen LogP contribution in [0, 0.1) is 5.82 Å². The summed E-state index contributed by atoms with van der Waals surface area (Å²) in [6.45, 7) is 2.91. The van der Waals surface area contributed by atoms with Crippen molar-refractivity contribution in [3.05, 3.63) is 53.8 Å². The van der Waals surface area contributed by atoms with Crippen molar-refractivity contribution in [1.29, 1.82) is 0 Å². The van der Waals surface area contributed by atoms with Crippen LogP contribution in [0.4, 0.5) is 4.39 Å². The standard InChI is InChI=1S/C15H16FNO/c1-2-18-14-6-3-11(4-7-14)15-8-5-13(16)9-12(15)10-17/h3-9H,2,10,17H2,1H3. The second kappa shape index (κ2) is 5.65. The van der Waals surface area contributed by atoms with Gasteiger partial charge in [0, 0.05) is 6.54 Å². The van der Waals surface area contributed by atoms with E-state index in [9.17, 15) is 4.39 Å². The predicted molar refractivity (Wildman–Crippen MR) is 70.9 cm³/mol. The molecule has 0 aliphatic carbocycles. The van der Waals surface area contributed by atoms with Gasteiger partial charge >= 0.3 is 0 Å². The summed E-state index contributed by atoms with van der Waals surface area (Å²) in [5.41, 5.74) is 8.42. The molecule has 0 atom stereocenters. The molecule has 2 N–H and O–H groups in total. The normalized spacial score (nSPS) is 10.4. The van der Waals surface area contributed by atoms with Gasteiger partial charge in [-0.3, -0.25) is 0 Å². The molecule has 0 unspecified atom stereocenters. The highest BCUT2D eigenvalue weighted by Crippen LogP contribution is 2.26. The highest BCUT2D eigenvalue weighted by Gasteiger charge is 2.05. The van der Waals surface area contributed by atoms with E-state index in [0.29, 0.717) is 13.2 Å². The fourth-order valence-electron chi connectivity index (χ4n) is 1.91. The number of rotatable bonds is 4. The first kappa shape index (κ1) is 12.6. The molecule has 94 valence electrons. The summed E-state index contributed by atoms with van der Waals surface area (Å²) in [4.78, 5) is 0.